The predicted molar refractivity (Wildman–Crippen MR) is 94.4 cm³/mol. The Bertz CT molecular complexity index is 845. The first-order valence-corrected chi connectivity index (χ1v) is 8.79. The maximum absolute atomic E-state index is 12.9. The SMILES string of the molecule is CC1(c2ccccc2)NC(=O)N(NC(=O)CSc2ccc(F)cc2)C1=O. The number of hydrogen-bond donors (Lipinski definition) is 2. The zero-order valence-electron chi connectivity index (χ0n) is 13.9. The molecule has 1 unspecified atom stereocenters. The van der Waals surface area contributed by atoms with Crippen molar-refractivity contribution in [2.75, 3.05) is 5.75 Å². The van der Waals surface area contributed by atoms with Crippen molar-refractivity contribution >= 4 is 29.6 Å². The number of nitrogens with zero attached hydrogens (tertiary/aromatic N) is 1. The van der Waals surface area contributed by atoms with Crippen molar-refractivity contribution in [2.45, 2.75) is 17.4 Å². The van der Waals surface area contributed by atoms with E-state index in [1.807, 2.05) is 0 Å². The van der Waals surface area contributed by atoms with E-state index >= 15 is 0 Å². The standard InChI is InChI=1S/C18H16FN3O3S/c1-18(12-5-3-2-4-6-12)16(24)22(17(25)20-18)21-15(23)11-26-14-9-7-13(19)8-10-14/h2-10H,11H2,1H3,(H,20,25)(H,21,23). The summed E-state index contributed by atoms with van der Waals surface area (Å²) in [7, 11) is 0. The van der Waals surface area contributed by atoms with E-state index in [-0.39, 0.29) is 11.6 Å². The lowest BCUT2D eigenvalue weighted by atomic mass is 9.92. The second kappa shape index (κ2) is 7.17. The van der Waals surface area contributed by atoms with Crippen LogP contribution in [-0.2, 0) is 15.1 Å². The van der Waals surface area contributed by atoms with E-state index < -0.39 is 23.4 Å². The fraction of sp³-hybridized carbons (Fsp3) is 0.167. The summed E-state index contributed by atoms with van der Waals surface area (Å²) >= 11 is 1.17. The van der Waals surface area contributed by atoms with Crippen LogP contribution >= 0.6 is 11.8 Å². The number of imide groups is 1. The van der Waals surface area contributed by atoms with E-state index in [0.29, 0.717) is 15.5 Å². The summed E-state index contributed by atoms with van der Waals surface area (Å²) < 4.78 is 12.9. The minimum atomic E-state index is -1.24. The molecule has 8 heteroatoms. The molecule has 0 radical (unpaired) electrons. The average Bonchev–Trinajstić information content (AvgIpc) is 2.86. The number of thioether (sulfide) groups is 1. The van der Waals surface area contributed by atoms with Gasteiger partial charge in [-0.2, -0.15) is 5.01 Å². The second-order valence-electron chi connectivity index (χ2n) is 5.84. The van der Waals surface area contributed by atoms with Gasteiger partial charge in [0.2, 0.25) is 5.91 Å². The molecule has 1 atom stereocenters. The van der Waals surface area contributed by atoms with Gasteiger partial charge in [0.15, 0.2) is 0 Å². The first-order chi connectivity index (χ1) is 12.4. The highest BCUT2D eigenvalue weighted by atomic mass is 32.2. The van der Waals surface area contributed by atoms with Gasteiger partial charge >= 0.3 is 6.03 Å². The van der Waals surface area contributed by atoms with Crippen LogP contribution in [0.4, 0.5) is 9.18 Å². The van der Waals surface area contributed by atoms with Gasteiger partial charge < -0.3 is 5.32 Å². The maximum Gasteiger partial charge on any atom is 0.344 e. The molecule has 0 bridgehead atoms. The third kappa shape index (κ3) is 3.55. The fourth-order valence-electron chi connectivity index (χ4n) is 2.54. The monoisotopic (exact) mass is 373 g/mol. The molecule has 0 aliphatic carbocycles. The molecule has 1 heterocycles. The van der Waals surface area contributed by atoms with Gasteiger partial charge in [-0.15, -0.1) is 11.8 Å². The van der Waals surface area contributed by atoms with Crippen LogP contribution < -0.4 is 10.7 Å². The number of hydrogen-bond acceptors (Lipinski definition) is 4. The number of rotatable bonds is 5. The van der Waals surface area contributed by atoms with Crippen LogP contribution in [0.25, 0.3) is 0 Å². The topological polar surface area (TPSA) is 78.5 Å². The molecule has 0 aromatic heterocycles. The van der Waals surface area contributed by atoms with E-state index in [2.05, 4.69) is 10.7 Å². The number of hydrazine groups is 1. The third-order valence-corrected chi connectivity index (χ3v) is 4.97. The number of halogens is 1. The van der Waals surface area contributed by atoms with E-state index in [4.69, 9.17) is 0 Å². The molecular formula is C18H16FN3O3S. The van der Waals surface area contributed by atoms with Gasteiger partial charge in [0, 0.05) is 4.90 Å². The zero-order valence-corrected chi connectivity index (χ0v) is 14.7. The lowest BCUT2D eigenvalue weighted by Gasteiger charge is -2.22. The fourth-order valence-corrected chi connectivity index (χ4v) is 3.24. The van der Waals surface area contributed by atoms with Crippen molar-refractivity contribution in [1.29, 1.82) is 0 Å². The van der Waals surface area contributed by atoms with Gasteiger partial charge in [0.25, 0.3) is 5.91 Å². The van der Waals surface area contributed by atoms with Gasteiger partial charge in [0.05, 0.1) is 5.75 Å². The summed E-state index contributed by atoms with van der Waals surface area (Å²) in [5.74, 6) is -1.46. The summed E-state index contributed by atoms with van der Waals surface area (Å²) in [4.78, 5) is 37.6. The number of nitrogens with one attached hydrogen (secondary N) is 2. The molecule has 26 heavy (non-hydrogen) atoms. The molecule has 2 N–H and O–H groups in total. The Labute approximate surface area is 153 Å². The molecular weight excluding hydrogens is 357 g/mol. The molecule has 134 valence electrons. The molecule has 1 fully saturated rings. The second-order valence-corrected chi connectivity index (χ2v) is 6.89. The van der Waals surface area contributed by atoms with Crippen LogP contribution in [0.5, 0.6) is 0 Å². The van der Waals surface area contributed by atoms with Crippen molar-refractivity contribution in [1.82, 2.24) is 15.8 Å². The van der Waals surface area contributed by atoms with Gasteiger partial charge in [-0.05, 0) is 36.8 Å². The molecule has 1 aliphatic heterocycles. The van der Waals surface area contributed by atoms with Gasteiger partial charge in [-0.25, -0.2) is 9.18 Å². The van der Waals surface area contributed by atoms with Gasteiger partial charge in [-0.1, -0.05) is 30.3 Å². The van der Waals surface area contributed by atoms with Crippen molar-refractivity contribution in [3.8, 4) is 0 Å². The maximum atomic E-state index is 12.9. The van der Waals surface area contributed by atoms with Crippen molar-refractivity contribution in [3.05, 3.63) is 66.0 Å². The van der Waals surface area contributed by atoms with E-state index in [1.165, 1.54) is 23.9 Å². The van der Waals surface area contributed by atoms with E-state index in [9.17, 15) is 18.8 Å². The van der Waals surface area contributed by atoms with Crippen LogP contribution in [0.1, 0.15) is 12.5 Å². The largest absolute Gasteiger partial charge is 0.344 e. The number of urea groups is 1. The smallest absolute Gasteiger partial charge is 0.318 e. The summed E-state index contributed by atoms with van der Waals surface area (Å²) in [6.07, 6.45) is 0. The van der Waals surface area contributed by atoms with Crippen molar-refractivity contribution < 1.29 is 18.8 Å². The first-order valence-electron chi connectivity index (χ1n) is 7.80. The highest BCUT2D eigenvalue weighted by Crippen LogP contribution is 2.27. The van der Waals surface area contributed by atoms with E-state index in [1.54, 1.807) is 49.4 Å². The molecule has 6 nitrogen and oxygen atoms in total. The third-order valence-electron chi connectivity index (χ3n) is 3.96. The van der Waals surface area contributed by atoms with Crippen LogP contribution in [0, 0.1) is 5.82 Å². The molecule has 3 rings (SSSR count). The minimum Gasteiger partial charge on any atom is -0.318 e. The van der Waals surface area contributed by atoms with Crippen LogP contribution in [0.15, 0.2) is 59.5 Å². The van der Waals surface area contributed by atoms with Gasteiger partial charge in [0.1, 0.15) is 11.4 Å². The number of carbonyl (C=O) groups excluding carboxylic acids is 3. The van der Waals surface area contributed by atoms with Crippen LogP contribution in [0.3, 0.4) is 0 Å². The summed E-state index contributed by atoms with van der Waals surface area (Å²) in [6, 6.07) is 13.8. The Morgan fingerprint density at radius 3 is 2.46 bits per heavy atom. The number of amides is 4. The highest BCUT2D eigenvalue weighted by molar-refractivity contribution is 8.00. The molecule has 1 aliphatic rings. The zero-order chi connectivity index (χ0) is 18.7. The van der Waals surface area contributed by atoms with Crippen LogP contribution in [-0.4, -0.2) is 28.6 Å². The van der Waals surface area contributed by atoms with Crippen molar-refractivity contribution in [2.24, 2.45) is 0 Å². The number of benzene rings is 2. The predicted octanol–water partition coefficient (Wildman–Crippen LogP) is 2.42. The Balaban J connectivity index is 1.64. The average molecular weight is 373 g/mol. The normalized spacial score (nSPS) is 19.4. The molecule has 2 aromatic carbocycles. The molecule has 1 saturated heterocycles. The Morgan fingerprint density at radius 1 is 1.15 bits per heavy atom. The highest BCUT2D eigenvalue weighted by Gasteiger charge is 2.49. The summed E-state index contributed by atoms with van der Waals surface area (Å²) in [6.45, 7) is 1.59. The Kier molecular flexibility index (Phi) is 4.94. The lowest BCUT2D eigenvalue weighted by molar-refractivity contribution is -0.138. The molecule has 0 saturated carbocycles. The van der Waals surface area contributed by atoms with Crippen LogP contribution in [0.2, 0.25) is 0 Å². The molecule has 0 spiro atoms. The summed E-state index contributed by atoms with van der Waals surface area (Å²) in [5.41, 5.74) is 1.70. The number of carbonyl (C=O) groups is 3. The first kappa shape index (κ1) is 17.9. The lowest BCUT2D eigenvalue weighted by Crippen LogP contribution is -2.48. The molecule has 4 amide bonds. The minimum absolute atomic E-state index is 0.0231. The Morgan fingerprint density at radius 2 is 1.81 bits per heavy atom. The molecule has 2 aromatic rings. The van der Waals surface area contributed by atoms with Crippen molar-refractivity contribution in [3.63, 3.8) is 0 Å². The van der Waals surface area contributed by atoms with E-state index in [0.717, 1.165) is 0 Å². The Hall–Kier alpha value is -2.87. The van der Waals surface area contributed by atoms with Gasteiger partial charge in [-0.3, -0.25) is 15.0 Å². The summed E-state index contributed by atoms with van der Waals surface area (Å²) in [5, 5.41) is 3.30. The quantitative estimate of drug-likeness (QED) is 0.623.